The summed E-state index contributed by atoms with van der Waals surface area (Å²) in [6, 6.07) is 67.3. The maximum absolute atomic E-state index is 6.00. The number of anilines is 3. The first kappa shape index (κ1) is 37.1. The Bertz CT molecular complexity index is 3060. The normalized spacial score (nSPS) is 20.5. The van der Waals surface area contributed by atoms with Crippen molar-refractivity contribution in [2.75, 3.05) is 31.3 Å². The van der Waals surface area contributed by atoms with Crippen LogP contribution in [0.1, 0.15) is 83.0 Å². The zero-order valence-electron chi connectivity index (χ0n) is 35.9. The third-order valence-electron chi connectivity index (χ3n) is 15.3. The molecule has 0 bridgehead atoms. The Morgan fingerprint density at radius 1 is 0.413 bits per heavy atom. The quantitative estimate of drug-likeness (QED) is 0.167. The number of para-hydroxylation sites is 1. The van der Waals surface area contributed by atoms with E-state index in [2.05, 4.69) is 195 Å². The monoisotopic (exact) mass is 815 g/mol. The van der Waals surface area contributed by atoms with Crippen molar-refractivity contribution < 1.29 is 9.47 Å². The second-order valence-corrected chi connectivity index (χ2v) is 18.9. The molecule has 5 aliphatic rings. The minimum atomic E-state index is -0.510. The van der Waals surface area contributed by atoms with E-state index in [0.717, 1.165) is 56.3 Å². The van der Waals surface area contributed by atoms with Gasteiger partial charge in [-0.3, -0.25) is 0 Å². The Kier molecular flexibility index (Phi) is 8.23. The highest BCUT2D eigenvalue weighted by Gasteiger charge is 2.52. The molecule has 0 aromatic heterocycles. The second-order valence-electron chi connectivity index (χ2n) is 18.9. The van der Waals surface area contributed by atoms with Gasteiger partial charge >= 0.3 is 0 Å². The molecule has 0 N–H and O–H groups in total. The molecule has 306 valence electrons. The van der Waals surface area contributed by atoms with Crippen LogP contribution < -0.4 is 4.90 Å². The van der Waals surface area contributed by atoms with Crippen LogP contribution in [0.4, 0.5) is 17.1 Å². The largest absolute Gasteiger partial charge is 0.381 e. The highest BCUT2D eigenvalue weighted by Crippen LogP contribution is 2.64. The summed E-state index contributed by atoms with van der Waals surface area (Å²) >= 11 is 0. The van der Waals surface area contributed by atoms with Crippen LogP contribution >= 0.6 is 0 Å². The number of rotatable bonds is 6. The third kappa shape index (κ3) is 5.33. The van der Waals surface area contributed by atoms with Crippen LogP contribution in [-0.4, -0.2) is 26.4 Å². The van der Waals surface area contributed by atoms with E-state index in [4.69, 9.17) is 9.47 Å². The van der Waals surface area contributed by atoms with Crippen molar-refractivity contribution in [3.8, 4) is 44.5 Å². The fraction of sp³-hybridized carbons (Fsp3) is 0.200. The molecule has 0 saturated carbocycles. The zero-order valence-corrected chi connectivity index (χ0v) is 35.9. The first-order valence-corrected chi connectivity index (χ1v) is 22.9. The molecule has 8 aromatic rings. The predicted octanol–water partition coefficient (Wildman–Crippen LogP) is 14.5. The summed E-state index contributed by atoms with van der Waals surface area (Å²) in [6.45, 7) is 7.96. The lowest BCUT2D eigenvalue weighted by atomic mass is 9.69. The molecular weight excluding hydrogens is 767 g/mol. The summed E-state index contributed by atoms with van der Waals surface area (Å²) < 4.78 is 12.0. The van der Waals surface area contributed by atoms with Crippen LogP contribution in [0, 0.1) is 0 Å². The lowest BCUT2D eigenvalue weighted by molar-refractivity contribution is 0.194. The SMILES string of the molecule is CC1(C)c2ccccc2-c2ccc(N(c3ccc4c(c3)C3(c5ccccc5-4)c4cc(C5CCOC5)ccc4-c4ccc(C5CCOC5)cc43)c3ccccc3-c3ccccc3)cc21. The molecule has 1 spiro atoms. The van der Waals surface area contributed by atoms with Crippen molar-refractivity contribution in [1.29, 1.82) is 0 Å². The number of benzene rings is 8. The average Bonchev–Trinajstić information content (AvgIpc) is 4.19. The lowest BCUT2D eigenvalue weighted by Gasteiger charge is -2.34. The van der Waals surface area contributed by atoms with Gasteiger partial charge in [-0.15, -0.1) is 0 Å². The molecule has 0 radical (unpaired) electrons. The van der Waals surface area contributed by atoms with E-state index >= 15 is 0 Å². The minimum Gasteiger partial charge on any atom is -0.381 e. The summed E-state index contributed by atoms with van der Waals surface area (Å²) in [7, 11) is 0. The fourth-order valence-corrected chi connectivity index (χ4v) is 12.2. The Morgan fingerprint density at radius 3 is 1.48 bits per heavy atom. The molecule has 2 heterocycles. The van der Waals surface area contributed by atoms with E-state index in [1.54, 1.807) is 0 Å². The molecule has 63 heavy (non-hydrogen) atoms. The molecule has 3 nitrogen and oxygen atoms in total. The van der Waals surface area contributed by atoms with Crippen molar-refractivity contribution in [2.45, 2.75) is 49.4 Å². The van der Waals surface area contributed by atoms with Crippen LogP contribution in [0.25, 0.3) is 44.5 Å². The topological polar surface area (TPSA) is 21.7 Å². The Labute approximate surface area is 370 Å². The van der Waals surface area contributed by atoms with Crippen molar-refractivity contribution in [3.63, 3.8) is 0 Å². The molecule has 2 atom stereocenters. The van der Waals surface area contributed by atoms with Crippen LogP contribution in [0.2, 0.25) is 0 Å². The summed E-state index contributed by atoms with van der Waals surface area (Å²) in [4.78, 5) is 2.54. The van der Waals surface area contributed by atoms with Gasteiger partial charge in [-0.2, -0.15) is 0 Å². The highest BCUT2D eigenvalue weighted by molar-refractivity contribution is 5.98. The summed E-state index contributed by atoms with van der Waals surface area (Å²) in [5, 5.41) is 0. The molecule has 2 saturated heterocycles. The molecule has 2 unspecified atom stereocenters. The highest BCUT2D eigenvalue weighted by atomic mass is 16.5. The summed E-state index contributed by atoms with van der Waals surface area (Å²) in [5.74, 6) is 0.787. The van der Waals surface area contributed by atoms with Gasteiger partial charge in [-0.1, -0.05) is 159 Å². The van der Waals surface area contributed by atoms with Crippen molar-refractivity contribution in [1.82, 2.24) is 0 Å². The van der Waals surface area contributed by atoms with Crippen LogP contribution in [-0.2, 0) is 20.3 Å². The third-order valence-corrected chi connectivity index (χ3v) is 15.3. The molecule has 2 aliphatic heterocycles. The van der Waals surface area contributed by atoms with Crippen LogP contribution in [0.15, 0.2) is 176 Å². The standard InChI is InChI=1S/C60H49NO2/c1-59(2)52-17-9-6-15-46(52)48-26-22-43(34-54(48)59)61(58-19-11-8-14-45(58)38-12-4-3-5-13-38)44-23-27-51-47-16-7-10-18-53(47)60(57(51)35-44)55-32-39(41-28-30-62-36-41)20-24-49(55)50-25-21-40(33-56(50)60)42-29-31-63-37-42/h3-27,32-35,41-42H,28-31,36-37H2,1-2H3. The van der Waals surface area contributed by atoms with Gasteiger partial charge in [0.2, 0.25) is 0 Å². The number of ether oxygens (including phenoxy) is 2. The molecule has 0 amide bonds. The Balaban J connectivity index is 1.08. The van der Waals surface area contributed by atoms with Gasteiger partial charge in [0.15, 0.2) is 0 Å². The van der Waals surface area contributed by atoms with Gasteiger partial charge in [0, 0.05) is 47.4 Å². The predicted molar refractivity (Wildman–Crippen MR) is 257 cm³/mol. The van der Waals surface area contributed by atoms with Gasteiger partial charge in [0.25, 0.3) is 0 Å². The van der Waals surface area contributed by atoms with E-state index in [9.17, 15) is 0 Å². The zero-order chi connectivity index (χ0) is 41.9. The first-order valence-electron chi connectivity index (χ1n) is 22.9. The van der Waals surface area contributed by atoms with Gasteiger partial charge in [0.05, 0.1) is 24.3 Å². The Hall–Kier alpha value is -6.52. The van der Waals surface area contributed by atoms with E-state index in [1.807, 2.05) is 0 Å². The number of nitrogens with zero attached hydrogens (tertiary/aromatic N) is 1. The van der Waals surface area contributed by atoms with Gasteiger partial charge < -0.3 is 14.4 Å². The van der Waals surface area contributed by atoms with Gasteiger partial charge in [0.1, 0.15) is 0 Å². The van der Waals surface area contributed by atoms with E-state index in [-0.39, 0.29) is 5.41 Å². The number of hydrogen-bond donors (Lipinski definition) is 0. The minimum absolute atomic E-state index is 0.141. The smallest absolute Gasteiger partial charge is 0.0726 e. The molecule has 3 heteroatoms. The van der Waals surface area contributed by atoms with Gasteiger partial charge in [-0.25, -0.2) is 0 Å². The fourth-order valence-electron chi connectivity index (χ4n) is 12.2. The average molecular weight is 816 g/mol. The van der Waals surface area contributed by atoms with Crippen molar-refractivity contribution in [2.24, 2.45) is 0 Å². The summed E-state index contributed by atoms with van der Waals surface area (Å²) in [6.07, 6.45) is 2.11. The number of hydrogen-bond acceptors (Lipinski definition) is 3. The second kappa shape index (κ2) is 14.0. The van der Waals surface area contributed by atoms with Crippen LogP contribution in [0.5, 0.6) is 0 Å². The van der Waals surface area contributed by atoms with E-state index < -0.39 is 5.41 Å². The first-order chi connectivity index (χ1) is 31.0. The molecular formula is C60H49NO2. The van der Waals surface area contributed by atoms with E-state index in [1.165, 1.54) is 89.0 Å². The lowest BCUT2D eigenvalue weighted by Crippen LogP contribution is -2.27. The maximum atomic E-state index is 6.00. The Morgan fingerprint density at radius 2 is 0.873 bits per heavy atom. The summed E-state index contributed by atoms with van der Waals surface area (Å²) in [5.41, 5.74) is 24.1. The molecule has 2 fully saturated rings. The van der Waals surface area contributed by atoms with E-state index in [0.29, 0.717) is 11.8 Å². The van der Waals surface area contributed by atoms with Crippen molar-refractivity contribution in [3.05, 3.63) is 220 Å². The van der Waals surface area contributed by atoms with Crippen molar-refractivity contribution >= 4 is 17.1 Å². The van der Waals surface area contributed by atoms with Crippen LogP contribution in [0.3, 0.4) is 0 Å². The molecule has 8 aromatic carbocycles. The number of fused-ring (bicyclic) bond motifs is 13. The van der Waals surface area contributed by atoms with Gasteiger partial charge in [-0.05, 0) is 127 Å². The maximum Gasteiger partial charge on any atom is 0.0726 e. The molecule has 13 rings (SSSR count). The molecule has 3 aliphatic carbocycles.